The topological polar surface area (TPSA) is 79.8 Å². The molecule has 0 aromatic heterocycles. The molecule has 0 unspecified atom stereocenters. The second kappa shape index (κ2) is 5.68. The summed E-state index contributed by atoms with van der Waals surface area (Å²) in [5.41, 5.74) is 6.88. The molecule has 21 heavy (non-hydrogen) atoms. The van der Waals surface area contributed by atoms with Crippen LogP contribution >= 0.6 is 23.2 Å². The third-order valence-electron chi connectivity index (χ3n) is 4.12. The van der Waals surface area contributed by atoms with Crippen molar-refractivity contribution in [2.75, 3.05) is 11.9 Å². The summed E-state index contributed by atoms with van der Waals surface area (Å²) in [5.74, 6) is -0.0963. The Balaban J connectivity index is 1.94. The number of rotatable bonds is 3. The average Bonchev–Trinajstić information content (AvgIpc) is 3.12. The molecule has 0 saturated heterocycles. The van der Waals surface area contributed by atoms with Crippen LogP contribution in [0.1, 0.15) is 25.7 Å². The molecule has 0 spiro atoms. The number of carbonyl (C=O) groups is 1. The number of fused-ring (bicyclic) bond motifs is 1. The minimum Gasteiger partial charge on any atom is -0.329 e. The van der Waals surface area contributed by atoms with Gasteiger partial charge in [0.15, 0.2) is 0 Å². The second-order valence-corrected chi connectivity index (χ2v) is 6.67. The fourth-order valence-electron chi connectivity index (χ4n) is 2.81. The summed E-state index contributed by atoms with van der Waals surface area (Å²) < 4.78 is 8.31. The molecule has 112 valence electrons. The van der Waals surface area contributed by atoms with Crippen LogP contribution in [0.2, 0.25) is 10.0 Å². The van der Waals surface area contributed by atoms with Crippen LogP contribution in [0, 0.1) is 5.41 Å². The van der Waals surface area contributed by atoms with Crippen molar-refractivity contribution in [2.45, 2.75) is 25.7 Å². The first-order chi connectivity index (χ1) is 10.1. The number of halogens is 2. The van der Waals surface area contributed by atoms with E-state index in [1.807, 2.05) is 0 Å². The lowest BCUT2D eigenvalue weighted by molar-refractivity contribution is -0.124. The van der Waals surface area contributed by atoms with Gasteiger partial charge in [-0.15, -0.1) is 0 Å². The highest BCUT2D eigenvalue weighted by Gasteiger charge is 2.40. The van der Waals surface area contributed by atoms with E-state index in [1.165, 1.54) is 0 Å². The molecule has 1 fully saturated rings. The van der Waals surface area contributed by atoms with Crippen molar-refractivity contribution in [3.05, 3.63) is 16.1 Å². The van der Waals surface area contributed by atoms with Gasteiger partial charge in [-0.2, -0.15) is 8.73 Å². The minimum atomic E-state index is -0.501. The van der Waals surface area contributed by atoms with Crippen LogP contribution in [0.5, 0.6) is 0 Å². The van der Waals surface area contributed by atoms with Gasteiger partial charge in [0.25, 0.3) is 0 Å². The smallest absolute Gasteiger partial charge is 0.231 e. The normalized spacial score (nSPS) is 18.4. The van der Waals surface area contributed by atoms with Gasteiger partial charge >= 0.3 is 0 Å². The SMILES string of the molecule is NCC1(C(=O)Nc2c(Cl)cc(Cl)c3c2N=S=N3)CCCC1. The zero-order valence-electron chi connectivity index (χ0n) is 11.2. The second-order valence-electron chi connectivity index (χ2n) is 5.32. The van der Waals surface area contributed by atoms with Crippen LogP contribution in [-0.2, 0) is 16.1 Å². The highest BCUT2D eigenvalue weighted by molar-refractivity contribution is 7.58. The van der Waals surface area contributed by atoms with E-state index in [2.05, 4.69) is 14.0 Å². The van der Waals surface area contributed by atoms with Crippen molar-refractivity contribution in [1.29, 1.82) is 0 Å². The van der Waals surface area contributed by atoms with Crippen LogP contribution in [-0.4, -0.2) is 12.5 Å². The van der Waals surface area contributed by atoms with Gasteiger partial charge in [-0.05, 0) is 18.9 Å². The summed E-state index contributed by atoms with van der Waals surface area (Å²) in [6.45, 7) is 0.336. The van der Waals surface area contributed by atoms with Crippen molar-refractivity contribution >= 4 is 57.5 Å². The molecule has 1 saturated carbocycles. The third-order valence-corrected chi connectivity index (χ3v) is 5.23. The third kappa shape index (κ3) is 2.50. The lowest BCUT2D eigenvalue weighted by Crippen LogP contribution is -2.40. The summed E-state index contributed by atoms with van der Waals surface area (Å²) >= 11 is 13.3. The Bertz CT molecular complexity index is 679. The molecule has 5 nitrogen and oxygen atoms in total. The standard InChI is InChI=1S/C13H14Cl2N4OS/c14-7-5-8(15)10-11(19-21-18-10)9(7)17-12(20)13(6-16)3-1-2-4-13/h5H,1-4,6,16H2,(H,17,20). The van der Waals surface area contributed by atoms with Crippen LogP contribution in [0.15, 0.2) is 14.8 Å². The highest BCUT2D eigenvalue weighted by atomic mass is 35.5. The Morgan fingerprint density at radius 2 is 1.95 bits per heavy atom. The molecule has 0 bridgehead atoms. The molecule has 8 heteroatoms. The van der Waals surface area contributed by atoms with Crippen molar-refractivity contribution in [1.82, 2.24) is 0 Å². The molecule has 0 radical (unpaired) electrons. The number of nitrogens with zero attached hydrogens (tertiary/aromatic N) is 2. The lowest BCUT2D eigenvalue weighted by Gasteiger charge is -2.26. The molecule has 3 N–H and O–H groups in total. The Morgan fingerprint density at radius 1 is 1.29 bits per heavy atom. The van der Waals surface area contributed by atoms with Gasteiger partial charge in [0, 0.05) is 6.54 Å². The van der Waals surface area contributed by atoms with Gasteiger partial charge in [-0.3, -0.25) is 4.79 Å². The maximum Gasteiger partial charge on any atom is 0.231 e. The van der Waals surface area contributed by atoms with Crippen LogP contribution in [0.3, 0.4) is 0 Å². The predicted molar refractivity (Wildman–Crippen MR) is 86.6 cm³/mol. The summed E-state index contributed by atoms with van der Waals surface area (Å²) in [4.78, 5) is 12.6. The first-order valence-electron chi connectivity index (χ1n) is 6.69. The summed E-state index contributed by atoms with van der Waals surface area (Å²) in [7, 11) is 0. The summed E-state index contributed by atoms with van der Waals surface area (Å²) in [6.07, 6.45) is 3.65. The Morgan fingerprint density at radius 3 is 2.62 bits per heavy atom. The number of carbonyl (C=O) groups excluding carboxylic acids is 1. The summed E-state index contributed by atoms with van der Waals surface area (Å²) in [5, 5.41) is 3.68. The van der Waals surface area contributed by atoms with E-state index in [-0.39, 0.29) is 5.91 Å². The van der Waals surface area contributed by atoms with E-state index in [0.717, 1.165) is 37.0 Å². The molecule has 0 atom stereocenters. The fraction of sp³-hybridized carbons (Fsp3) is 0.462. The Labute approximate surface area is 136 Å². The van der Waals surface area contributed by atoms with Crippen LogP contribution in [0.4, 0.5) is 17.1 Å². The summed E-state index contributed by atoms with van der Waals surface area (Å²) in [6, 6.07) is 1.58. The molecular weight excluding hydrogens is 331 g/mol. The monoisotopic (exact) mass is 344 g/mol. The first-order valence-corrected chi connectivity index (χ1v) is 8.18. The van der Waals surface area contributed by atoms with Crippen molar-refractivity contribution in [2.24, 2.45) is 19.9 Å². The largest absolute Gasteiger partial charge is 0.329 e. The van der Waals surface area contributed by atoms with E-state index < -0.39 is 5.41 Å². The van der Waals surface area contributed by atoms with Crippen LogP contribution < -0.4 is 11.1 Å². The van der Waals surface area contributed by atoms with Crippen molar-refractivity contribution in [3.8, 4) is 0 Å². The number of hydrogen-bond donors (Lipinski definition) is 2. The lowest BCUT2D eigenvalue weighted by atomic mass is 9.85. The quantitative estimate of drug-likeness (QED) is 0.875. The fourth-order valence-corrected chi connectivity index (χ4v) is 3.97. The van der Waals surface area contributed by atoms with Crippen LogP contribution in [0.25, 0.3) is 0 Å². The van der Waals surface area contributed by atoms with E-state index in [0.29, 0.717) is 33.7 Å². The molecule has 1 aliphatic heterocycles. The average molecular weight is 345 g/mol. The maximum absolute atomic E-state index is 12.6. The number of anilines is 1. The maximum atomic E-state index is 12.6. The van der Waals surface area contributed by atoms with E-state index >= 15 is 0 Å². The minimum absolute atomic E-state index is 0.0963. The molecule has 1 aromatic carbocycles. The molecule has 3 rings (SSSR count). The first kappa shape index (κ1) is 15.0. The molecule has 1 heterocycles. The molecular formula is C13H14Cl2N4OS. The van der Waals surface area contributed by atoms with E-state index in [1.54, 1.807) is 6.07 Å². The number of nitrogens with two attached hydrogens (primary N) is 1. The Hall–Kier alpha value is -0.950. The number of benzene rings is 1. The van der Waals surface area contributed by atoms with Gasteiger partial charge in [-0.1, -0.05) is 36.0 Å². The number of amides is 1. The van der Waals surface area contributed by atoms with E-state index in [9.17, 15) is 4.79 Å². The number of hydrogen-bond acceptors (Lipinski definition) is 4. The van der Waals surface area contributed by atoms with Gasteiger partial charge in [-0.25, -0.2) is 0 Å². The molecule has 1 amide bonds. The van der Waals surface area contributed by atoms with E-state index in [4.69, 9.17) is 28.9 Å². The Kier molecular flexibility index (Phi) is 4.05. The highest BCUT2D eigenvalue weighted by Crippen LogP contribution is 2.48. The zero-order valence-corrected chi connectivity index (χ0v) is 13.5. The number of nitrogens with one attached hydrogen (secondary N) is 1. The van der Waals surface area contributed by atoms with Gasteiger partial charge < -0.3 is 11.1 Å². The molecule has 1 aromatic rings. The van der Waals surface area contributed by atoms with Gasteiger partial charge in [0.1, 0.15) is 11.4 Å². The zero-order chi connectivity index (χ0) is 15.0. The van der Waals surface area contributed by atoms with Crippen molar-refractivity contribution in [3.63, 3.8) is 0 Å². The van der Waals surface area contributed by atoms with Gasteiger partial charge in [0.2, 0.25) is 5.91 Å². The molecule has 2 aliphatic rings. The molecule has 1 aliphatic carbocycles. The van der Waals surface area contributed by atoms with Gasteiger partial charge in [0.05, 0.1) is 32.5 Å². The van der Waals surface area contributed by atoms with Crippen molar-refractivity contribution < 1.29 is 4.79 Å². The predicted octanol–water partition coefficient (Wildman–Crippen LogP) is 4.18.